The molecule has 1 aromatic heterocycles. The maximum atomic E-state index is 6.05. The first-order valence-electron chi connectivity index (χ1n) is 8.40. The molecule has 2 heterocycles. The summed E-state index contributed by atoms with van der Waals surface area (Å²) in [4.78, 5) is 4.42. The lowest BCUT2D eigenvalue weighted by atomic mass is 9.74. The number of aromatic nitrogens is 1. The molecule has 1 fully saturated rings. The average molecular weight is 376 g/mol. The van der Waals surface area contributed by atoms with Gasteiger partial charge < -0.3 is 15.4 Å². The average Bonchev–Trinajstić information content (AvgIpc) is 2.61. The normalized spacial score (nSPS) is 16.2. The van der Waals surface area contributed by atoms with Gasteiger partial charge in [0.15, 0.2) is 5.11 Å². The molecule has 0 unspecified atom stereocenters. The number of nitrogens with zero attached hydrogens (tertiary/aromatic N) is 1. The number of aryl methyl sites for hydroxylation is 1. The van der Waals surface area contributed by atoms with E-state index in [9.17, 15) is 0 Å². The lowest BCUT2D eigenvalue weighted by molar-refractivity contribution is 0.0515. The number of nitrogens with one attached hydrogen (secondary N) is 2. The SMILES string of the molecule is Cc1cccc(NC(=S)NCC2(c3ccc(Cl)cc3)CCOCC2)n1. The highest BCUT2D eigenvalue weighted by atomic mass is 35.5. The number of hydrogen-bond donors (Lipinski definition) is 2. The van der Waals surface area contributed by atoms with Gasteiger partial charge in [-0.15, -0.1) is 0 Å². The van der Waals surface area contributed by atoms with E-state index in [4.69, 9.17) is 28.6 Å². The first-order chi connectivity index (χ1) is 12.1. The predicted octanol–water partition coefficient (Wildman–Crippen LogP) is 4.08. The fraction of sp³-hybridized carbons (Fsp3) is 0.368. The number of anilines is 1. The van der Waals surface area contributed by atoms with Gasteiger partial charge in [0, 0.05) is 35.9 Å². The largest absolute Gasteiger partial charge is 0.381 e. The molecule has 0 saturated carbocycles. The first-order valence-corrected chi connectivity index (χ1v) is 9.18. The van der Waals surface area contributed by atoms with Gasteiger partial charge in [-0.1, -0.05) is 29.8 Å². The molecule has 6 heteroatoms. The van der Waals surface area contributed by atoms with Crippen molar-refractivity contribution in [1.82, 2.24) is 10.3 Å². The second-order valence-electron chi connectivity index (χ2n) is 6.37. The van der Waals surface area contributed by atoms with Crippen LogP contribution in [-0.2, 0) is 10.2 Å². The van der Waals surface area contributed by atoms with Crippen molar-refractivity contribution in [2.24, 2.45) is 0 Å². The quantitative estimate of drug-likeness (QED) is 0.788. The Bertz CT molecular complexity index is 730. The van der Waals surface area contributed by atoms with Crippen LogP contribution in [0, 0.1) is 6.92 Å². The van der Waals surface area contributed by atoms with Gasteiger partial charge in [0.05, 0.1) is 0 Å². The number of ether oxygens (including phenoxy) is 1. The highest BCUT2D eigenvalue weighted by Crippen LogP contribution is 2.34. The minimum absolute atomic E-state index is 0.00535. The summed E-state index contributed by atoms with van der Waals surface area (Å²) in [5.41, 5.74) is 2.22. The Balaban J connectivity index is 1.68. The molecule has 0 atom stereocenters. The van der Waals surface area contributed by atoms with E-state index in [-0.39, 0.29) is 5.41 Å². The second-order valence-corrected chi connectivity index (χ2v) is 7.22. The van der Waals surface area contributed by atoms with Crippen LogP contribution in [0.15, 0.2) is 42.5 Å². The molecule has 1 saturated heterocycles. The molecular weight excluding hydrogens is 354 g/mol. The summed E-state index contributed by atoms with van der Waals surface area (Å²) in [6.45, 7) is 4.21. The van der Waals surface area contributed by atoms with Gasteiger partial charge in [-0.3, -0.25) is 0 Å². The van der Waals surface area contributed by atoms with Crippen LogP contribution >= 0.6 is 23.8 Å². The van der Waals surface area contributed by atoms with Crippen molar-refractivity contribution in [2.75, 3.05) is 25.1 Å². The van der Waals surface area contributed by atoms with Crippen molar-refractivity contribution in [3.63, 3.8) is 0 Å². The lowest BCUT2D eigenvalue weighted by Gasteiger charge is -2.38. The molecule has 2 N–H and O–H groups in total. The molecule has 1 aliphatic rings. The minimum Gasteiger partial charge on any atom is -0.381 e. The zero-order valence-corrected chi connectivity index (χ0v) is 15.8. The Kier molecular flexibility index (Phi) is 5.89. The van der Waals surface area contributed by atoms with Crippen LogP contribution in [0.25, 0.3) is 0 Å². The third kappa shape index (κ3) is 4.69. The Labute approximate surface area is 158 Å². The molecular formula is C19H22ClN3OS. The van der Waals surface area contributed by atoms with Gasteiger partial charge in [-0.25, -0.2) is 4.98 Å². The van der Waals surface area contributed by atoms with Crippen LogP contribution in [0.4, 0.5) is 5.82 Å². The zero-order valence-electron chi connectivity index (χ0n) is 14.2. The number of benzene rings is 1. The molecule has 2 aromatic rings. The molecule has 0 bridgehead atoms. The van der Waals surface area contributed by atoms with Crippen molar-refractivity contribution >= 4 is 34.7 Å². The lowest BCUT2D eigenvalue weighted by Crippen LogP contribution is -2.45. The molecule has 3 rings (SSSR count). The summed E-state index contributed by atoms with van der Waals surface area (Å²) < 4.78 is 5.57. The second kappa shape index (κ2) is 8.13. The van der Waals surface area contributed by atoms with Crippen LogP contribution < -0.4 is 10.6 Å². The van der Waals surface area contributed by atoms with E-state index in [2.05, 4.69) is 27.8 Å². The maximum Gasteiger partial charge on any atom is 0.171 e. The minimum atomic E-state index is -0.00535. The molecule has 0 amide bonds. The smallest absolute Gasteiger partial charge is 0.171 e. The van der Waals surface area contributed by atoms with E-state index in [1.165, 1.54) is 5.56 Å². The fourth-order valence-corrected chi connectivity index (χ4v) is 3.46. The van der Waals surface area contributed by atoms with Crippen LogP contribution in [0.1, 0.15) is 24.1 Å². The molecule has 1 aliphatic heterocycles. The van der Waals surface area contributed by atoms with E-state index in [1.807, 2.05) is 37.3 Å². The highest BCUT2D eigenvalue weighted by molar-refractivity contribution is 7.80. The molecule has 25 heavy (non-hydrogen) atoms. The molecule has 4 nitrogen and oxygen atoms in total. The summed E-state index contributed by atoms with van der Waals surface area (Å²) in [5.74, 6) is 0.755. The van der Waals surface area contributed by atoms with Gasteiger partial charge in [0.1, 0.15) is 5.82 Å². The number of rotatable bonds is 4. The summed E-state index contributed by atoms with van der Waals surface area (Å²) in [7, 11) is 0. The van der Waals surface area contributed by atoms with E-state index in [1.54, 1.807) is 0 Å². The summed E-state index contributed by atoms with van der Waals surface area (Å²) >= 11 is 11.5. The number of thiocarbonyl (C=S) groups is 1. The van der Waals surface area contributed by atoms with Crippen LogP contribution in [-0.4, -0.2) is 29.9 Å². The van der Waals surface area contributed by atoms with Gasteiger partial charge >= 0.3 is 0 Å². The van der Waals surface area contributed by atoms with E-state index in [0.29, 0.717) is 5.11 Å². The number of hydrogen-bond acceptors (Lipinski definition) is 3. The Morgan fingerprint density at radius 2 is 1.92 bits per heavy atom. The summed E-state index contributed by atoms with van der Waals surface area (Å²) in [5, 5.41) is 7.86. The van der Waals surface area contributed by atoms with Crippen molar-refractivity contribution in [3.8, 4) is 0 Å². The van der Waals surface area contributed by atoms with Crippen molar-refractivity contribution < 1.29 is 4.74 Å². The van der Waals surface area contributed by atoms with Crippen LogP contribution in [0.5, 0.6) is 0 Å². The van der Waals surface area contributed by atoms with E-state index < -0.39 is 0 Å². The van der Waals surface area contributed by atoms with Gasteiger partial charge in [-0.2, -0.15) is 0 Å². The molecule has 132 valence electrons. The Morgan fingerprint density at radius 3 is 2.60 bits per heavy atom. The van der Waals surface area contributed by atoms with Crippen molar-refractivity contribution in [1.29, 1.82) is 0 Å². The zero-order chi connectivity index (χ0) is 17.7. The van der Waals surface area contributed by atoms with E-state index >= 15 is 0 Å². The third-order valence-electron chi connectivity index (χ3n) is 4.62. The van der Waals surface area contributed by atoms with Crippen LogP contribution in [0.2, 0.25) is 5.02 Å². The van der Waals surface area contributed by atoms with Gasteiger partial charge in [0.25, 0.3) is 0 Å². The Morgan fingerprint density at radius 1 is 1.20 bits per heavy atom. The maximum absolute atomic E-state index is 6.05. The predicted molar refractivity (Wildman–Crippen MR) is 106 cm³/mol. The van der Waals surface area contributed by atoms with Gasteiger partial charge in [0.2, 0.25) is 0 Å². The number of pyridine rings is 1. The molecule has 0 aliphatic carbocycles. The van der Waals surface area contributed by atoms with Crippen molar-refractivity contribution in [3.05, 3.63) is 58.7 Å². The topological polar surface area (TPSA) is 46.2 Å². The Hall–Kier alpha value is -1.69. The molecule has 0 spiro atoms. The third-order valence-corrected chi connectivity index (χ3v) is 5.12. The fourth-order valence-electron chi connectivity index (χ4n) is 3.16. The summed E-state index contributed by atoms with van der Waals surface area (Å²) in [6.07, 6.45) is 1.90. The van der Waals surface area contributed by atoms with Gasteiger partial charge in [-0.05, 0) is 61.8 Å². The first kappa shape index (κ1) is 18.1. The summed E-state index contributed by atoms with van der Waals surface area (Å²) in [6, 6.07) is 13.9. The van der Waals surface area contributed by atoms with Crippen molar-refractivity contribution in [2.45, 2.75) is 25.2 Å². The molecule has 1 aromatic carbocycles. The standard InChI is InChI=1S/C19H22ClN3OS/c1-14-3-2-4-17(22-14)23-18(25)21-13-19(9-11-24-12-10-19)15-5-7-16(20)8-6-15/h2-8H,9-13H2,1H3,(H2,21,22,23,25). The number of halogens is 1. The van der Waals surface area contributed by atoms with E-state index in [0.717, 1.165) is 49.1 Å². The van der Waals surface area contributed by atoms with Crippen LogP contribution in [0.3, 0.4) is 0 Å². The monoisotopic (exact) mass is 375 g/mol. The highest BCUT2D eigenvalue weighted by Gasteiger charge is 2.34. The molecule has 0 radical (unpaired) electrons.